The van der Waals surface area contributed by atoms with Crippen molar-refractivity contribution in [3.05, 3.63) is 56.2 Å². The second-order valence-electron chi connectivity index (χ2n) is 4.47. The highest BCUT2D eigenvalue weighted by Crippen LogP contribution is 2.45. The van der Waals surface area contributed by atoms with Crippen molar-refractivity contribution in [1.29, 1.82) is 0 Å². The largest absolute Gasteiger partial charge is 0.379 e. The van der Waals surface area contributed by atoms with Crippen molar-refractivity contribution in [3.63, 3.8) is 0 Å². The molecule has 3 heteroatoms. The van der Waals surface area contributed by atoms with Gasteiger partial charge in [0.15, 0.2) is 0 Å². The van der Waals surface area contributed by atoms with Gasteiger partial charge < -0.3 is 5.11 Å². The Labute approximate surface area is 113 Å². The third-order valence-corrected chi connectivity index (χ3v) is 5.43. The van der Waals surface area contributed by atoms with Crippen molar-refractivity contribution in [2.24, 2.45) is 0 Å². The number of fused-ring (bicyclic) bond motifs is 1. The van der Waals surface area contributed by atoms with Gasteiger partial charge in [0.1, 0.15) is 5.60 Å². The summed E-state index contributed by atoms with van der Waals surface area (Å²) in [4.78, 5) is 1.03. The van der Waals surface area contributed by atoms with Crippen molar-refractivity contribution in [2.75, 3.05) is 0 Å². The van der Waals surface area contributed by atoms with Gasteiger partial charge in [-0.1, -0.05) is 24.3 Å². The molecule has 17 heavy (non-hydrogen) atoms. The molecule has 1 aromatic heterocycles. The number of rotatable bonds is 1. The molecule has 1 aromatic carbocycles. The fourth-order valence-corrected chi connectivity index (χ4v) is 4.48. The van der Waals surface area contributed by atoms with Crippen LogP contribution in [0, 0.1) is 0 Å². The number of benzene rings is 1. The van der Waals surface area contributed by atoms with Crippen molar-refractivity contribution < 1.29 is 5.11 Å². The number of halogens is 1. The number of aryl methyl sites for hydroxylation is 1. The number of aliphatic hydroxyl groups is 1. The predicted molar refractivity (Wildman–Crippen MR) is 74.4 cm³/mol. The van der Waals surface area contributed by atoms with Gasteiger partial charge >= 0.3 is 0 Å². The van der Waals surface area contributed by atoms with Crippen LogP contribution in [0.2, 0.25) is 0 Å². The molecule has 0 radical (unpaired) electrons. The van der Waals surface area contributed by atoms with Gasteiger partial charge in [-0.05, 0) is 57.8 Å². The molecule has 1 N–H and O–H groups in total. The molecule has 1 nitrogen and oxygen atoms in total. The Morgan fingerprint density at radius 2 is 2.06 bits per heavy atom. The first kappa shape index (κ1) is 11.5. The van der Waals surface area contributed by atoms with Crippen LogP contribution < -0.4 is 0 Å². The Hall–Kier alpha value is -0.640. The van der Waals surface area contributed by atoms with E-state index in [2.05, 4.69) is 28.1 Å². The van der Waals surface area contributed by atoms with E-state index in [0.717, 1.165) is 34.2 Å². The van der Waals surface area contributed by atoms with Gasteiger partial charge in [0.2, 0.25) is 0 Å². The number of thiophene rings is 1. The molecule has 1 aliphatic rings. The summed E-state index contributed by atoms with van der Waals surface area (Å²) in [5.41, 5.74) is 1.55. The van der Waals surface area contributed by atoms with Crippen LogP contribution in [0.1, 0.15) is 28.8 Å². The zero-order chi connectivity index (χ0) is 11.9. The molecule has 0 amide bonds. The zero-order valence-electron chi connectivity index (χ0n) is 9.32. The molecular formula is C14H13BrOS. The summed E-state index contributed by atoms with van der Waals surface area (Å²) in [7, 11) is 0. The summed E-state index contributed by atoms with van der Waals surface area (Å²) >= 11 is 5.16. The molecule has 0 saturated carbocycles. The first-order valence-corrected chi connectivity index (χ1v) is 7.43. The van der Waals surface area contributed by atoms with E-state index in [-0.39, 0.29) is 0 Å². The van der Waals surface area contributed by atoms with E-state index >= 15 is 0 Å². The van der Waals surface area contributed by atoms with E-state index in [9.17, 15) is 5.11 Å². The fraction of sp³-hybridized carbons (Fsp3) is 0.286. The maximum absolute atomic E-state index is 11.0. The molecule has 1 heterocycles. The molecule has 1 atom stereocenters. The summed E-state index contributed by atoms with van der Waals surface area (Å²) < 4.78 is 1.02. The maximum Gasteiger partial charge on any atom is 0.125 e. The van der Waals surface area contributed by atoms with Crippen LogP contribution in [0.15, 0.2) is 40.2 Å². The van der Waals surface area contributed by atoms with Gasteiger partial charge in [0, 0.05) is 4.47 Å². The summed E-state index contributed by atoms with van der Waals surface area (Å²) in [6, 6.07) is 10.3. The Morgan fingerprint density at radius 1 is 1.24 bits per heavy atom. The lowest BCUT2D eigenvalue weighted by Crippen LogP contribution is -2.31. The lowest BCUT2D eigenvalue weighted by Gasteiger charge is -2.34. The normalized spacial score (nSPS) is 23.4. The van der Waals surface area contributed by atoms with E-state index in [1.807, 2.05) is 23.6 Å². The monoisotopic (exact) mass is 308 g/mol. The van der Waals surface area contributed by atoms with Crippen molar-refractivity contribution in [2.45, 2.75) is 24.9 Å². The Bertz CT molecular complexity index is 549. The van der Waals surface area contributed by atoms with Crippen LogP contribution in [0.5, 0.6) is 0 Å². The average molecular weight is 309 g/mol. The minimum atomic E-state index is -0.804. The van der Waals surface area contributed by atoms with Crippen LogP contribution in [0.4, 0.5) is 0 Å². The van der Waals surface area contributed by atoms with Crippen molar-refractivity contribution in [1.82, 2.24) is 0 Å². The first-order chi connectivity index (χ1) is 8.22. The van der Waals surface area contributed by atoms with Crippen LogP contribution in [0.25, 0.3) is 0 Å². The molecular weight excluding hydrogens is 296 g/mol. The van der Waals surface area contributed by atoms with Gasteiger partial charge in [0.25, 0.3) is 0 Å². The molecule has 0 bridgehead atoms. The average Bonchev–Trinajstić information content (AvgIpc) is 2.77. The summed E-state index contributed by atoms with van der Waals surface area (Å²) in [6.45, 7) is 0. The summed E-state index contributed by atoms with van der Waals surface area (Å²) in [6.07, 6.45) is 2.92. The van der Waals surface area contributed by atoms with Crippen molar-refractivity contribution in [3.8, 4) is 0 Å². The quantitative estimate of drug-likeness (QED) is 0.841. The van der Waals surface area contributed by atoms with E-state index in [4.69, 9.17) is 0 Å². The van der Waals surface area contributed by atoms with Gasteiger partial charge in [-0.3, -0.25) is 0 Å². The molecule has 0 fully saturated rings. The minimum absolute atomic E-state index is 0.804. The lowest BCUT2D eigenvalue weighted by atomic mass is 9.78. The van der Waals surface area contributed by atoms with Gasteiger partial charge in [-0.15, -0.1) is 11.3 Å². The van der Waals surface area contributed by atoms with E-state index < -0.39 is 5.60 Å². The molecule has 1 aliphatic carbocycles. The molecule has 3 rings (SSSR count). The Morgan fingerprint density at radius 3 is 2.82 bits per heavy atom. The number of hydrogen-bond donors (Lipinski definition) is 1. The molecule has 1 unspecified atom stereocenters. The first-order valence-electron chi connectivity index (χ1n) is 5.76. The number of hydrogen-bond acceptors (Lipinski definition) is 2. The van der Waals surface area contributed by atoms with E-state index in [1.165, 1.54) is 5.56 Å². The zero-order valence-corrected chi connectivity index (χ0v) is 11.7. The van der Waals surface area contributed by atoms with E-state index in [0.29, 0.717) is 0 Å². The summed E-state index contributed by atoms with van der Waals surface area (Å²) in [5.74, 6) is 0. The minimum Gasteiger partial charge on any atom is -0.379 e. The second kappa shape index (κ2) is 4.23. The third kappa shape index (κ3) is 1.77. The Kier molecular flexibility index (Phi) is 2.85. The lowest BCUT2D eigenvalue weighted by molar-refractivity contribution is 0.0647. The maximum atomic E-state index is 11.0. The smallest absolute Gasteiger partial charge is 0.125 e. The molecule has 2 aromatic rings. The van der Waals surface area contributed by atoms with Crippen LogP contribution in [-0.2, 0) is 12.0 Å². The molecule has 0 saturated heterocycles. The van der Waals surface area contributed by atoms with Gasteiger partial charge in [-0.2, -0.15) is 0 Å². The highest BCUT2D eigenvalue weighted by molar-refractivity contribution is 9.10. The molecule has 0 spiro atoms. The predicted octanol–water partition coefficient (Wildman–Crippen LogP) is 4.08. The Balaban J connectivity index is 2.19. The van der Waals surface area contributed by atoms with Gasteiger partial charge in [0.05, 0.1) is 4.88 Å². The van der Waals surface area contributed by atoms with E-state index in [1.54, 1.807) is 11.3 Å². The second-order valence-corrected chi connectivity index (χ2v) is 6.24. The molecule has 0 aliphatic heterocycles. The van der Waals surface area contributed by atoms with Crippen LogP contribution in [-0.4, -0.2) is 5.11 Å². The van der Waals surface area contributed by atoms with Crippen molar-refractivity contribution >= 4 is 27.3 Å². The third-order valence-electron chi connectivity index (χ3n) is 3.44. The molecule has 88 valence electrons. The highest BCUT2D eigenvalue weighted by atomic mass is 79.9. The van der Waals surface area contributed by atoms with Crippen LogP contribution >= 0.6 is 27.3 Å². The summed E-state index contributed by atoms with van der Waals surface area (Å²) in [5, 5.41) is 13.1. The van der Waals surface area contributed by atoms with Gasteiger partial charge in [-0.25, -0.2) is 0 Å². The topological polar surface area (TPSA) is 20.2 Å². The SMILES string of the molecule is OC1(c2sccc2Br)CCCc2ccccc21. The highest BCUT2D eigenvalue weighted by Gasteiger charge is 2.38. The fourth-order valence-electron chi connectivity index (χ4n) is 2.64. The van der Waals surface area contributed by atoms with Crippen LogP contribution in [0.3, 0.4) is 0 Å². The standard InChI is InChI=1S/C14H13BrOS/c15-12-7-9-17-13(12)14(16)8-3-5-10-4-1-2-6-11(10)14/h1-2,4,6-7,9,16H,3,5,8H2.